The molecular formula is C5H15NO4S. The summed E-state index contributed by atoms with van der Waals surface area (Å²) in [6.45, 7) is 3.38. The lowest BCUT2D eigenvalue weighted by Gasteiger charge is -1.91. The lowest BCUT2D eigenvalue weighted by atomic mass is 10.4. The van der Waals surface area contributed by atoms with E-state index in [0.29, 0.717) is 6.54 Å². The molecule has 4 N–H and O–H groups in total. The van der Waals surface area contributed by atoms with Gasteiger partial charge < -0.3 is 10.8 Å². The van der Waals surface area contributed by atoms with Crippen molar-refractivity contribution in [1.29, 1.82) is 0 Å². The minimum absolute atomic E-state index is 0.201. The van der Waals surface area contributed by atoms with Crippen LogP contribution in [0.15, 0.2) is 0 Å². The fraction of sp³-hybridized carbons (Fsp3) is 1.00. The van der Waals surface area contributed by atoms with Gasteiger partial charge in [0.1, 0.15) is 0 Å². The third kappa shape index (κ3) is 25.8. The Morgan fingerprint density at radius 2 is 1.73 bits per heavy atom. The predicted molar refractivity (Wildman–Crippen MR) is 42.8 cm³/mol. The molecular weight excluding hydrogens is 170 g/mol. The normalized spacial score (nSPS) is 13.2. The van der Waals surface area contributed by atoms with Crippen LogP contribution in [0.2, 0.25) is 0 Å². The van der Waals surface area contributed by atoms with Crippen LogP contribution in [-0.4, -0.2) is 36.5 Å². The second-order valence-corrected chi connectivity index (χ2v) is 3.70. The first kappa shape index (κ1) is 13.4. The van der Waals surface area contributed by atoms with Crippen molar-refractivity contribution in [3.8, 4) is 0 Å². The van der Waals surface area contributed by atoms with E-state index in [1.54, 1.807) is 6.92 Å². The molecule has 11 heavy (non-hydrogen) atoms. The van der Waals surface area contributed by atoms with E-state index in [0.717, 1.165) is 0 Å². The fourth-order valence-electron chi connectivity index (χ4n) is 0. The molecule has 0 aromatic carbocycles. The Kier molecular flexibility index (Phi) is 7.97. The first-order chi connectivity index (χ1) is 4.83. The van der Waals surface area contributed by atoms with Gasteiger partial charge in [-0.15, -0.1) is 0 Å². The zero-order valence-corrected chi connectivity index (χ0v) is 7.50. The highest BCUT2D eigenvalue weighted by molar-refractivity contribution is 7.85. The minimum Gasteiger partial charge on any atom is -0.392 e. The molecule has 0 saturated carbocycles. The largest absolute Gasteiger partial charge is 0.392 e. The van der Waals surface area contributed by atoms with Crippen LogP contribution in [0.1, 0.15) is 13.8 Å². The third-order valence-electron chi connectivity index (χ3n) is 0.706. The first-order valence-electron chi connectivity index (χ1n) is 3.16. The molecule has 70 valence electrons. The third-order valence-corrected chi connectivity index (χ3v) is 1.44. The van der Waals surface area contributed by atoms with E-state index in [-0.39, 0.29) is 11.9 Å². The molecule has 0 saturated heterocycles. The standard InChI is InChI=1S/C3H9NO.C2H6O3S/c1-3(5)2-4;1-2-6(3,4)5/h3,5H,2,4H2,1H3;2H2,1H3,(H,3,4,5). The van der Waals surface area contributed by atoms with Crippen LogP contribution >= 0.6 is 0 Å². The fourth-order valence-corrected chi connectivity index (χ4v) is 0. The van der Waals surface area contributed by atoms with Crippen molar-refractivity contribution in [3.05, 3.63) is 0 Å². The second kappa shape index (κ2) is 6.53. The number of aliphatic hydroxyl groups excluding tert-OH is 1. The SMILES string of the molecule is CC(O)CN.CCS(=O)(=O)O. The Morgan fingerprint density at radius 1 is 1.55 bits per heavy atom. The highest BCUT2D eigenvalue weighted by Gasteiger charge is 1.93. The molecule has 0 aliphatic rings. The number of hydrogen-bond acceptors (Lipinski definition) is 4. The molecule has 0 aromatic heterocycles. The van der Waals surface area contributed by atoms with E-state index < -0.39 is 10.1 Å². The Morgan fingerprint density at radius 3 is 1.73 bits per heavy atom. The average Bonchev–Trinajstić information content (AvgIpc) is 1.88. The maximum absolute atomic E-state index is 9.56. The summed E-state index contributed by atoms with van der Waals surface area (Å²) in [4.78, 5) is 0. The maximum Gasteiger partial charge on any atom is 0.264 e. The van der Waals surface area contributed by atoms with E-state index >= 15 is 0 Å². The zero-order chi connectivity index (χ0) is 9.49. The highest BCUT2D eigenvalue weighted by atomic mass is 32.2. The number of hydrogen-bond donors (Lipinski definition) is 3. The Labute approximate surface area is 67.0 Å². The summed E-state index contributed by atoms with van der Waals surface area (Å²) < 4.78 is 26.9. The smallest absolute Gasteiger partial charge is 0.264 e. The van der Waals surface area contributed by atoms with Gasteiger partial charge in [0.15, 0.2) is 0 Å². The van der Waals surface area contributed by atoms with Crippen LogP contribution in [0.4, 0.5) is 0 Å². The summed E-state index contributed by atoms with van der Waals surface area (Å²) in [5, 5.41) is 8.24. The topological polar surface area (TPSA) is 101 Å². The van der Waals surface area contributed by atoms with Gasteiger partial charge in [-0.25, -0.2) is 0 Å². The maximum atomic E-state index is 9.56. The molecule has 0 aromatic rings. The molecule has 0 heterocycles. The molecule has 5 nitrogen and oxygen atoms in total. The van der Waals surface area contributed by atoms with E-state index in [4.69, 9.17) is 15.4 Å². The van der Waals surface area contributed by atoms with Gasteiger partial charge in [-0.05, 0) is 13.8 Å². The second-order valence-electron chi connectivity index (χ2n) is 1.96. The molecule has 0 rings (SSSR count). The monoisotopic (exact) mass is 185 g/mol. The summed E-state index contributed by atoms with van der Waals surface area (Å²) >= 11 is 0. The van der Waals surface area contributed by atoms with Crippen LogP contribution in [-0.2, 0) is 10.1 Å². The summed E-state index contributed by atoms with van der Waals surface area (Å²) in [5.74, 6) is -0.201. The molecule has 0 spiro atoms. The summed E-state index contributed by atoms with van der Waals surface area (Å²) in [7, 11) is -3.66. The predicted octanol–water partition coefficient (Wildman–Crippen LogP) is -0.780. The molecule has 1 unspecified atom stereocenters. The minimum atomic E-state index is -3.66. The van der Waals surface area contributed by atoms with Gasteiger partial charge in [0.05, 0.1) is 11.9 Å². The van der Waals surface area contributed by atoms with E-state index in [2.05, 4.69) is 0 Å². The van der Waals surface area contributed by atoms with Gasteiger partial charge in [0, 0.05) is 6.54 Å². The summed E-state index contributed by atoms with van der Waals surface area (Å²) in [6.07, 6.45) is -0.338. The lowest BCUT2D eigenvalue weighted by molar-refractivity contribution is 0.203. The van der Waals surface area contributed by atoms with Crippen molar-refractivity contribution >= 4 is 10.1 Å². The molecule has 0 fully saturated rings. The molecule has 6 heteroatoms. The quantitative estimate of drug-likeness (QED) is 0.490. The van der Waals surface area contributed by atoms with Crippen LogP contribution in [0.3, 0.4) is 0 Å². The number of aliphatic hydroxyl groups is 1. The summed E-state index contributed by atoms with van der Waals surface area (Å²) in [5.41, 5.74) is 4.92. The molecule has 0 aliphatic carbocycles. The Bertz CT molecular complexity index is 163. The van der Waals surface area contributed by atoms with Crippen molar-refractivity contribution in [2.75, 3.05) is 12.3 Å². The Balaban J connectivity index is 0. The number of nitrogens with two attached hydrogens (primary N) is 1. The van der Waals surface area contributed by atoms with Crippen molar-refractivity contribution in [1.82, 2.24) is 0 Å². The van der Waals surface area contributed by atoms with Crippen LogP contribution in [0.5, 0.6) is 0 Å². The van der Waals surface area contributed by atoms with Crippen LogP contribution < -0.4 is 5.73 Å². The lowest BCUT2D eigenvalue weighted by Crippen LogP contribution is -2.14. The summed E-state index contributed by atoms with van der Waals surface area (Å²) in [6, 6.07) is 0. The first-order valence-corrected chi connectivity index (χ1v) is 4.77. The average molecular weight is 185 g/mol. The van der Waals surface area contributed by atoms with E-state index in [1.165, 1.54) is 6.92 Å². The van der Waals surface area contributed by atoms with Crippen molar-refractivity contribution in [2.45, 2.75) is 20.0 Å². The number of rotatable bonds is 2. The molecule has 0 aliphatic heterocycles. The Hall–Kier alpha value is -0.170. The van der Waals surface area contributed by atoms with Crippen molar-refractivity contribution in [3.63, 3.8) is 0 Å². The van der Waals surface area contributed by atoms with Crippen LogP contribution in [0, 0.1) is 0 Å². The molecule has 1 atom stereocenters. The molecule has 0 radical (unpaired) electrons. The van der Waals surface area contributed by atoms with Gasteiger partial charge >= 0.3 is 0 Å². The van der Waals surface area contributed by atoms with Gasteiger partial charge in [0.25, 0.3) is 10.1 Å². The zero-order valence-electron chi connectivity index (χ0n) is 6.69. The van der Waals surface area contributed by atoms with E-state index in [1.807, 2.05) is 0 Å². The van der Waals surface area contributed by atoms with Crippen LogP contribution in [0.25, 0.3) is 0 Å². The van der Waals surface area contributed by atoms with Crippen molar-refractivity contribution < 1.29 is 18.1 Å². The van der Waals surface area contributed by atoms with Gasteiger partial charge in [0.2, 0.25) is 0 Å². The van der Waals surface area contributed by atoms with Crippen molar-refractivity contribution in [2.24, 2.45) is 5.73 Å². The molecule has 0 amide bonds. The highest BCUT2D eigenvalue weighted by Crippen LogP contribution is 1.74. The van der Waals surface area contributed by atoms with E-state index in [9.17, 15) is 8.42 Å². The van der Waals surface area contributed by atoms with Gasteiger partial charge in [-0.1, -0.05) is 0 Å². The van der Waals surface area contributed by atoms with Gasteiger partial charge in [-0.3, -0.25) is 4.55 Å². The molecule has 0 bridgehead atoms. The van der Waals surface area contributed by atoms with Gasteiger partial charge in [-0.2, -0.15) is 8.42 Å².